The minimum absolute atomic E-state index is 0.104. The van der Waals surface area contributed by atoms with E-state index in [1.165, 1.54) is 4.31 Å². The number of piperidine rings is 1. The van der Waals surface area contributed by atoms with Crippen molar-refractivity contribution < 1.29 is 27.4 Å². The van der Waals surface area contributed by atoms with E-state index in [9.17, 15) is 13.2 Å². The van der Waals surface area contributed by atoms with Gasteiger partial charge in [-0.15, -0.1) is 0 Å². The van der Waals surface area contributed by atoms with Gasteiger partial charge in [0.2, 0.25) is 15.9 Å². The molecule has 1 saturated carbocycles. The van der Waals surface area contributed by atoms with Gasteiger partial charge in [0.05, 0.1) is 11.5 Å². The fourth-order valence-electron chi connectivity index (χ4n) is 4.92. The number of amides is 1. The first-order chi connectivity index (χ1) is 16.4. The number of carbonyl (C=O) groups excluding carboxylic acids is 1. The van der Waals surface area contributed by atoms with Crippen molar-refractivity contribution in [1.29, 1.82) is 0 Å². The molecular weight excluding hydrogens is 456 g/mol. The average Bonchev–Trinajstić information content (AvgIpc) is 3.45. The quantitative estimate of drug-likeness (QED) is 0.659. The summed E-state index contributed by atoms with van der Waals surface area (Å²) >= 11 is 0. The van der Waals surface area contributed by atoms with Crippen LogP contribution >= 0.6 is 0 Å². The molecule has 5 rings (SSSR count). The molecule has 3 aliphatic rings. The molecule has 2 aromatic rings. The van der Waals surface area contributed by atoms with Crippen LogP contribution in [0.15, 0.2) is 47.4 Å². The van der Waals surface area contributed by atoms with Gasteiger partial charge >= 0.3 is 0 Å². The second-order valence-corrected chi connectivity index (χ2v) is 11.0. The number of fused-ring (bicyclic) bond motifs is 1. The Morgan fingerprint density at radius 2 is 1.74 bits per heavy atom. The Hall–Kier alpha value is -2.78. The SMILES string of the molecule is CCOc1ccc(S(=O)(=O)N2CCC(C(=O)Nc3ccc4c(c3)OC3(CCCC3)O4)CC2)cc1. The van der Waals surface area contributed by atoms with E-state index in [2.05, 4.69) is 5.32 Å². The molecule has 0 atom stereocenters. The lowest BCUT2D eigenvalue weighted by atomic mass is 9.97. The molecule has 2 fully saturated rings. The van der Waals surface area contributed by atoms with Gasteiger partial charge in [-0.1, -0.05) is 0 Å². The lowest BCUT2D eigenvalue weighted by Crippen LogP contribution is -2.41. The third-order valence-electron chi connectivity index (χ3n) is 6.77. The van der Waals surface area contributed by atoms with E-state index in [-0.39, 0.29) is 16.7 Å². The lowest BCUT2D eigenvalue weighted by Gasteiger charge is -2.30. The maximum atomic E-state index is 13.0. The second-order valence-electron chi connectivity index (χ2n) is 9.06. The van der Waals surface area contributed by atoms with Gasteiger partial charge in [0.1, 0.15) is 5.75 Å². The largest absolute Gasteiger partial charge is 0.494 e. The zero-order valence-electron chi connectivity index (χ0n) is 19.3. The molecule has 1 amide bonds. The summed E-state index contributed by atoms with van der Waals surface area (Å²) in [7, 11) is -3.60. The minimum Gasteiger partial charge on any atom is -0.494 e. The summed E-state index contributed by atoms with van der Waals surface area (Å²) in [6.45, 7) is 3.01. The van der Waals surface area contributed by atoms with Gasteiger partial charge in [-0.05, 0) is 69.0 Å². The first kappa shape index (κ1) is 23.0. The molecule has 34 heavy (non-hydrogen) atoms. The number of ether oxygens (including phenoxy) is 3. The van der Waals surface area contributed by atoms with Crippen LogP contribution in [0.3, 0.4) is 0 Å². The number of sulfonamides is 1. The van der Waals surface area contributed by atoms with Crippen LogP contribution in [0.2, 0.25) is 0 Å². The van der Waals surface area contributed by atoms with E-state index in [0.717, 1.165) is 25.7 Å². The van der Waals surface area contributed by atoms with Crippen molar-refractivity contribution in [2.75, 3.05) is 25.0 Å². The highest BCUT2D eigenvalue weighted by Gasteiger charge is 2.44. The van der Waals surface area contributed by atoms with Gasteiger partial charge < -0.3 is 19.5 Å². The fraction of sp³-hybridized carbons (Fsp3) is 0.480. The van der Waals surface area contributed by atoms with Gasteiger partial charge in [-0.3, -0.25) is 4.79 Å². The Morgan fingerprint density at radius 1 is 1.06 bits per heavy atom. The summed E-state index contributed by atoms with van der Waals surface area (Å²) in [5, 5.41) is 2.97. The summed E-state index contributed by atoms with van der Waals surface area (Å²) in [6, 6.07) is 11.9. The molecule has 9 heteroatoms. The standard InChI is InChI=1S/C25H30N2O6S/c1-2-31-20-6-8-21(9-7-20)34(29,30)27-15-11-18(12-16-27)24(28)26-19-5-10-22-23(17-19)33-25(32-22)13-3-4-14-25/h5-10,17-18H,2-4,11-16H2,1H3,(H,26,28). The molecule has 182 valence electrons. The number of hydrogen-bond donors (Lipinski definition) is 1. The highest BCUT2D eigenvalue weighted by molar-refractivity contribution is 7.89. The van der Waals surface area contributed by atoms with E-state index in [4.69, 9.17) is 14.2 Å². The fourth-order valence-corrected chi connectivity index (χ4v) is 6.39. The van der Waals surface area contributed by atoms with E-state index in [1.807, 2.05) is 25.1 Å². The Labute approximate surface area is 200 Å². The first-order valence-corrected chi connectivity index (χ1v) is 13.4. The van der Waals surface area contributed by atoms with Gasteiger partial charge in [-0.2, -0.15) is 4.31 Å². The smallest absolute Gasteiger partial charge is 0.251 e. The highest BCUT2D eigenvalue weighted by atomic mass is 32.2. The molecule has 0 bridgehead atoms. The van der Waals surface area contributed by atoms with Crippen molar-refractivity contribution in [1.82, 2.24) is 4.31 Å². The molecular formula is C25H30N2O6S. The Kier molecular flexibility index (Phi) is 6.16. The topological polar surface area (TPSA) is 94.2 Å². The van der Waals surface area contributed by atoms with E-state index in [1.54, 1.807) is 24.3 Å². The van der Waals surface area contributed by atoms with Crippen LogP contribution in [0.1, 0.15) is 45.4 Å². The van der Waals surface area contributed by atoms with E-state index < -0.39 is 15.8 Å². The van der Waals surface area contributed by atoms with Crippen molar-refractivity contribution in [2.45, 2.75) is 56.1 Å². The van der Waals surface area contributed by atoms with Crippen LogP contribution in [0.4, 0.5) is 5.69 Å². The van der Waals surface area contributed by atoms with Crippen molar-refractivity contribution in [3.8, 4) is 17.2 Å². The molecule has 2 heterocycles. The molecule has 0 aromatic heterocycles. The summed E-state index contributed by atoms with van der Waals surface area (Å²) in [5.74, 6) is 1.13. The molecule has 2 aliphatic heterocycles. The summed E-state index contributed by atoms with van der Waals surface area (Å²) < 4.78 is 44.9. The minimum atomic E-state index is -3.60. The Bertz CT molecular complexity index is 1150. The monoisotopic (exact) mass is 486 g/mol. The maximum Gasteiger partial charge on any atom is 0.251 e. The summed E-state index contributed by atoms with van der Waals surface area (Å²) in [5.41, 5.74) is 0.659. The number of benzene rings is 2. The van der Waals surface area contributed by atoms with Crippen LogP contribution in [0.25, 0.3) is 0 Å². The predicted molar refractivity (Wildman–Crippen MR) is 127 cm³/mol. The van der Waals surface area contributed by atoms with Crippen LogP contribution in [0.5, 0.6) is 17.2 Å². The van der Waals surface area contributed by atoms with E-state index >= 15 is 0 Å². The number of rotatable bonds is 6. The molecule has 0 unspecified atom stereocenters. The molecule has 0 radical (unpaired) electrons. The number of anilines is 1. The van der Waals surface area contributed by atoms with Gasteiger partial charge in [0.25, 0.3) is 5.79 Å². The van der Waals surface area contributed by atoms with Crippen molar-refractivity contribution >= 4 is 21.6 Å². The Balaban J connectivity index is 1.17. The molecule has 1 N–H and O–H groups in total. The van der Waals surface area contributed by atoms with Crippen LogP contribution < -0.4 is 19.5 Å². The molecule has 1 spiro atoms. The number of carbonyl (C=O) groups is 1. The van der Waals surface area contributed by atoms with Crippen molar-refractivity contribution in [3.63, 3.8) is 0 Å². The zero-order valence-corrected chi connectivity index (χ0v) is 20.1. The predicted octanol–water partition coefficient (Wildman–Crippen LogP) is 4.17. The van der Waals surface area contributed by atoms with Gasteiger partial charge in [-0.25, -0.2) is 8.42 Å². The maximum absolute atomic E-state index is 13.0. The number of hydrogen-bond acceptors (Lipinski definition) is 6. The first-order valence-electron chi connectivity index (χ1n) is 11.9. The summed E-state index contributed by atoms with van der Waals surface area (Å²) in [4.78, 5) is 13.1. The molecule has 1 saturated heterocycles. The average molecular weight is 487 g/mol. The second kappa shape index (κ2) is 9.11. The van der Waals surface area contributed by atoms with E-state index in [0.29, 0.717) is 55.5 Å². The number of nitrogens with one attached hydrogen (secondary N) is 1. The van der Waals surface area contributed by atoms with Gasteiger partial charge in [0, 0.05) is 43.6 Å². The molecule has 8 nitrogen and oxygen atoms in total. The molecule has 2 aromatic carbocycles. The highest BCUT2D eigenvalue weighted by Crippen LogP contribution is 2.47. The van der Waals surface area contributed by atoms with Crippen molar-refractivity contribution in [3.05, 3.63) is 42.5 Å². The lowest BCUT2D eigenvalue weighted by molar-refractivity contribution is -0.120. The van der Waals surface area contributed by atoms with Gasteiger partial charge in [0.15, 0.2) is 11.5 Å². The zero-order chi connectivity index (χ0) is 23.8. The normalized spacial score (nSPS) is 19.9. The van der Waals surface area contributed by atoms with Crippen LogP contribution in [-0.2, 0) is 14.8 Å². The van der Waals surface area contributed by atoms with Crippen LogP contribution in [0, 0.1) is 5.92 Å². The number of nitrogens with zero attached hydrogens (tertiary/aromatic N) is 1. The summed E-state index contributed by atoms with van der Waals surface area (Å²) in [6.07, 6.45) is 4.86. The third-order valence-corrected chi connectivity index (χ3v) is 8.68. The van der Waals surface area contributed by atoms with Crippen molar-refractivity contribution in [2.24, 2.45) is 5.92 Å². The third kappa shape index (κ3) is 4.46. The Morgan fingerprint density at radius 3 is 2.41 bits per heavy atom. The molecule has 1 aliphatic carbocycles. The van der Waals surface area contributed by atoms with Crippen LogP contribution in [-0.4, -0.2) is 44.1 Å².